The first-order chi connectivity index (χ1) is 14.9. The number of carbonyl (C=O) groups excluding carboxylic acids is 1. The number of halogens is 3. The van der Waals surface area contributed by atoms with Crippen molar-refractivity contribution in [1.29, 1.82) is 0 Å². The molecule has 0 radical (unpaired) electrons. The van der Waals surface area contributed by atoms with Crippen molar-refractivity contribution in [2.45, 2.75) is 0 Å². The number of aromatic nitrogens is 3. The first kappa shape index (κ1) is 21.4. The van der Waals surface area contributed by atoms with Crippen LogP contribution in [0.3, 0.4) is 0 Å². The highest BCUT2D eigenvalue weighted by Crippen LogP contribution is 2.28. The minimum atomic E-state index is -0.453. The van der Waals surface area contributed by atoms with Crippen LogP contribution >= 0.6 is 39.1 Å². The highest BCUT2D eigenvalue weighted by Gasteiger charge is 2.19. The largest absolute Gasteiger partial charge is 0.497 e. The van der Waals surface area contributed by atoms with Crippen LogP contribution < -0.4 is 10.1 Å². The second-order valence-electron chi connectivity index (χ2n) is 6.46. The molecule has 9 heteroatoms. The second-order valence-corrected chi connectivity index (χ2v) is 8.19. The summed E-state index contributed by atoms with van der Waals surface area (Å²) in [4.78, 5) is 17.4. The lowest BCUT2D eigenvalue weighted by Crippen LogP contribution is -2.14. The van der Waals surface area contributed by atoms with Crippen molar-refractivity contribution in [3.8, 4) is 22.8 Å². The average molecular weight is 518 g/mol. The number of rotatable bonds is 5. The summed E-state index contributed by atoms with van der Waals surface area (Å²) in [6.45, 7) is 0. The predicted octanol–water partition coefficient (Wildman–Crippen LogP) is 6.26. The SMILES string of the molecule is COc1cccc(NC(=O)c2nc(-c3ccc(Br)cc3)n(-c3ccc(Cl)c(Cl)c3)n2)c1. The zero-order valence-electron chi connectivity index (χ0n) is 16.1. The van der Waals surface area contributed by atoms with E-state index in [-0.39, 0.29) is 5.82 Å². The minimum Gasteiger partial charge on any atom is -0.497 e. The average Bonchev–Trinajstić information content (AvgIpc) is 3.22. The number of methoxy groups -OCH3 is 1. The van der Waals surface area contributed by atoms with E-state index in [0.29, 0.717) is 33.0 Å². The Kier molecular flexibility index (Phi) is 6.27. The van der Waals surface area contributed by atoms with E-state index in [4.69, 9.17) is 27.9 Å². The number of nitrogens with one attached hydrogen (secondary N) is 1. The molecule has 6 nitrogen and oxygen atoms in total. The van der Waals surface area contributed by atoms with Gasteiger partial charge >= 0.3 is 0 Å². The lowest BCUT2D eigenvalue weighted by Gasteiger charge is -2.07. The molecule has 1 N–H and O–H groups in total. The summed E-state index contributed by atoms with van der Waals surface area (Å²) in [5, 5.41) is 8.03. The van der Waals surface area contributed by atoms with Crippen LogP contribution in [0.4, 0.5) is 5.69 Å². The summed E-state index contributed by atoms with van der Waals surface area (Å²) >= 11 is 15.7. The Hall–Kier alpha value is -2.87. The number of benzene rings is 3. The van der Waals surface area contributed by atoms with Gasteiger partial charge in [0.2, 0.25) is 5.82 Å². The van der Waals surface area contributed by atoms with Gasteiger partial charge in [-0.05, 0) is 42.5 Å². The predicted molar refractivity (Wildman–Crippen MR) is 125 cm³/mol. The highest BCUT2D eigenvalue weighted by atomic mass is 79.9. The van der Waals surface area contributed by atoms with Gasteiger partial charge in [-0.15, -0.1) is 5.10 Å². The van der Waals surface area contributed by atoms with Crippen molar-refractivity contribution >= 4 is 50.7 Å². The van der Waals surface area contributed by atoms with E-state index in [2.05, 4.69) is 31.3 Å². The summed E-state index contributed by atoms with van der Waals surface area (Å²) in [7, 11) is 1.56. The number of hydrogen-bond donors (Lipinski definition) is 1. The van der Waals surface area contributed by atoms with Crippen molar-refractivity contribution in [3.63, 3.8) is 0 Å². The molecule has 0 bridgehead atoms. The van der Waals surface area contributed by atoms with Crippen LogP contribution in [0.1, 0.15) is 10.6 Å². The number of ether oxygens (including phenoxy) is 1. The molecule has 0 unspecified atom stereocenters. The Balaban J connectivity index is 1.75. The van der Waals surface area contributed by atoms with Crippen molar-refractivity contribution < 1.29 is 9.53 Å². The van der Waals surface area contributed by atoms with Crippen LogP contribution in [0.25, 0.3) is 17.1 Å². The first-order valence-electron chi connectivity index (χ1n) is 9.08. The van der Waals surface area contributed by atoms with Gasteiger partial charge in [0, 0.05) is 21.8 Å². The summed E-state index contributed by atoms with van der Waals surface area (Å²) in [6, 6.07) is 19.7. The van der Waals surface area contributed by atoms with Crippen LogP contribution in [0.2, 0.25) is 10.0 Å². The molecule has 1 heterocycles. The smallest absolute Gasteiger partial charge is 0.295 e. The lowest BCUT2D eigenvalue weighted by atomic mass is 10.2. The van der Waals surface area contributed by atoms with Gasteiger partial charge in [-0.1, -0.05) is 57.3 Å². The number of anilines is 1. The molecule has 1 aromatic heterocycles. The van der Waals surface area contributed by atoms with E-state index >= 15 is 0 Å². The molecule has 4 rings (SSSR count). The molecule has 0 spiro atoms. The molecule has 3 aromatic carbocycles. The van der Waals surface area contributed by atoms with Crippen LogP contribution in [-0.4, -0.2) is 27.8 Å². The number of hydrogen-bond acceptors (Lipinski definition) is 4. The lowest BCUT2D eigenvalue weighted by molar-refractivity contribution is 0.101. The molecule has 0 atom stereocenters. The van der Waals surface area contributed by atoms with E-state index in [1.807, 2.05) is 24.3 Å². The third-order valence-electron chi connectivity index (χ3n) is 4.39. The Morgan fingerprint density at radius 3 is 2.52 bits per heavy atom. The van der Waals surface area contributed by atoms with Crippen LogP contribution in [0, 0.1) is 0 Å². The molecule has 156 valence electrons. The molecule has 0 aliphatic rings. The van der Waals surface area contributed by atoms with Crippen LogP contribution in [0.5, 0.6) is 5.75 Å². The fourth-order valence-electron chi connectivity index (χ4n) is 2.88. The molecule has 0 fully saturated rings. The van der Waals surface area contributed by atoms with Gasteiger partial charge in [-0.2, -0.15) is 0 Å². The number of amides is 1. The first-order valence-corrected chi connectivity index (χ1v) is 10.6. The molecule has 0 aliphatic heterocycles. The van der Waals surface area contributed by atoms with Crippen molar-refractivity contribution in [1.82, 2.24) is 14.8 Å². The molecular weight excluding hydrogens is 503 g/mol. The fraction of sp³-hybridized carbons (Fsp3) is 0.0455. The minimum absolute atomic E-state index is 0.00631. The quantitative estimate of drug-likeness (QED) is 0.339. The standard InChI is InChI=1S/C22H15BrCl2N4O2/c1-31-17-4-2-3-15(11-17)26-22(30)20-27-21(13-5-7-14(23)8-6-13)29(28-20)16-9-10-18(24)19(25)12-16/h2-12H,1H3,(H,26,30). The maximum atomic E-state index is 12.9. The summed E-state index contributed by atoms with van der Waals surface area (Å²) < 4.78 is 7.68. The Labute approximate surface area is 196 Å². The normalized spacial score (nSPS) is 10.7. The van der Waals surface area contributed by atoms with Crippen molar-refractivity contribution in [2.75, 3.05) is 12.4 Å². The van der Waals surface area contributed by atoms with E-state index in [0.717, 1.165) is 10.0 Å². The third kappa shape index (κ3) is 4.74. The Morgan fingerprint density at radius 1 is 1.03 bits per heavy atom. The monoisotopic (exact) mass is 516 g/mol. The van der Waals surface area contributed by atoms with Gasteiger partial charge in [0.1, 0.15) is 5.75 Å². The van der Waals surface area contributed by atoms with Crippen LogP contribution in [-0.2, 0) is 0 Å². The topological polar surface area (TPSA) is 69.0 Å². The molecule has 0 saturated carbocycles. The van der Waals surface area contributed by atoms with E-state index in [1.165, 1.54) is 0 Å². The van der Waals surface area contributed by atoms with E-state index in [9.17, 15) is 4.79 Å². The molecule has 1 amide bonds. The Morgan fingerprint density at radius 2 is 1.81 bits per heavy atom. The maximum absolute atomic E-state index is 12.9. The summed E-state index contributed by atoms with van der Waals surface area (Å²) in [5.41, 5.74) is 1.97. The van der Waals surface area contributed by atoms with Gasteiger partial charge in [0.05, 0.1) is 22.8 Å². The maximum Gasteiger partial charge on any atom is 0.295 e. The molecule has 0 aliphatic carbocycles. The van der Waals surface area contributed by atoms with Gasteiger partial charge < -0.3 is 10.1 Å². The molecule has 4 aromatic rings. The summed E-state index contributed by atoms with van der Waals surface area (Å²) in [6.07, 6.45) is 0. The zero-order chi connectivity index (χ0) is 22.0. The van der Waals surface area contributed by atoms with E-state index in [1.54, 1.807) is 54.3 Å². The zero-order valence-corrected chi connectivity index (χ0v) is 19.2. The van der Waals surface area contributed by atoms with Gasteiger partial charge in [-0.25, -0.2) is 9.67 Å². The molecular formula is C22H15BrCl2N4O2. The fourth-order valence-corrected chi connectivity index (χ4v) is 3.44. The van der Waals surface area contributed by atoms with Crippen molar-refractivity contribution in [3.05, 3.63) is 87.1 Å². The summed E-state index contributed by atoms with van der Waals surface area (Å²) in [5.74, 6) is 0.668. The molecule has 31 heavy (non-hydrogen) atoms. The van der Waals surface area contributed by atoms with Gasteiger partial charge in [-0.3, -0.25) is 4.79 Å². The number of nitrogens with zero attached hydrogens (tertiary/aromatic N) is 3. The Bertz CT molecular complexity index is 1260. The van der Waals surface area contributed by atoms with Gasteiger partial charge in [0.25, 0.3) is 5.91 Å². The third-order valence-corrected chi connectivity index (χ3v) is 5.66. The highest BCUT2D eigenvalue weighted by molar-refractivity contribution is 9.10. The number of carbonyl (C=O) groups is 1. The van der Waals surface area contributed by atoms with Crippen LogP contribution in [0.15, 0.2) is 71.2 Å². The van der Waals surface area contributed by atoms with Crippen molar-refractivity contribution in [2.24, 2.45) is 0 Å². The second kappa shape index (κ2) is 9.09. The van der Waals surface area contributed by atoms with Gasteiger partial charge in [0.15, 0.2) is 5.82 Å². The molecule has 0 saturated heterocycles. The van der Waals surface area contributed by atoms with E-state index < -0.39 is 5.91 Å².